The molecule has 3 rings (SSSR count). The number of hydrogen-bond acceptors (Lipinski definition) is 1. The molecule has 2 aliphatic carbocycles. The second-order valence-electron chi connectivity index (χ2n) is 10.3. The van der Waals surface area contributed by atoms with Crippen LogP contribution >= 0.6 is 0 Å². The van der Waals surface area contributed by atoms with Crippen LogP contribution in [-0.4, -0.2) is 6.61 Å². The zero-order valence-corrected chi connectivity index (χ0v) is 19.3. The summed E-state index contributed by atoms with van der Waals surface area (Å²) in [7, 11) is 0. The van der Waals surface area contributed by atoms with Crippen LogP contribution < -0.4 is 4.74 Å². The molecule has 0 N–H and O–H groups in total. The van der Waals surface area contributed by atoms with Gasteiger partial charge in [-0.1, -0.05) is 96.6 Å². The predicted molar refractivity (Wildman–Crippen MR) is 126 cm³/mol. The fourth-order valence-electron chi connectivity index (χ4n) is 5.60. The van der Waals surface area contributed by atoms with Crippen LogP contribution in [0.3, 0.4) is 0 Å². The monoisotopic (exact) mass is 398 g/mol. The van der Waals surface area contributed by atoms with E-state index in [4.69, 9.17) is 4.74 Å². The minimum absolute atomic E-state index is 0.882. The average molecular weight is 399 g/mol. The van der Waals surface area contributed by atoms with Gasteiger partial charge in [-0.3, -0.25) is 0 Å². The quantitative estimate of drug-likeness (QED) is 0.339. The molecule has 0 amide bonds. The number of unbranched alkanes of at least 4 members (excludes halogenated alkanes) is 1. The number of benzene rings is 1. The van der Waals surface area contributed by atoms with Gasteiger partial charge in [0, 0.05) is 0 Å². The molecule has 1 aromatic carbocycles. The van der Waals surface area contributed by atoms with Crippen LogP contribution in [0.5, 0.6) is 5.75 Å². The molecule has 0 bridgehead atoms. The van der Waals surface area contributed by atoms with E-state index >= 15 is 0 Å². The first kappa shape index (κ1) is 22.7. The third-order valence-corrected chi connectivity index (χ3v) is 7.86. The molecule has 2 fully saturated rings. The Kier molecular flexibility index (Phi) is 9.91. The highest BCUT2D eigenvalue weighted by Crippen LogP contribution is 2.34. The van der Waals surface area contributed by atoms with Gasteiger partial charge in [0.15, 0.2) is 0 Å². The van der Waals surface area contributed by atoms with Crippen molar-refractivity contribution in [2.45, 2.75) is 110 Å². The number of aryl methyl sites for hydroxylation is 1. The van der Waals surface area contributed by atoms with Crippen molar-refractivity contribution < 1.29 is 4.74 Å². The first-order valence-electron chi connectivity index (χ1n) is 12.9. The molecule has 164 valence electrons. The molecule has 0 heterocycles. The van der Waals surface area contributed by atoms with Crippen molar-refractivity contribution in [2.24, 2.45) is 23.7 Å². The van der Waals surface area contributed by atoms with Gasteiger partial charge in [-0.25, -0.2) is 0 Å². The molecular weight excluding hydrogens is 352 g/mol. The van der Waals surface area contributed by atoms with Crippen molar-refractivity contribution >= 4 is 0 Å². The number of hydrogen-bond donors (Lipinski definition) is 0. The van der Waals surface area contributed by atoms with E-state index in [0.29, 0.717) is 0 Å². The van der Waals surface area contributed by atoms with Crippen LogP contribution in [0.15, 0.2) is 24.3 Å². The van der Waals surface area contributed by atoms with Gasteiger partial charge in [-0.05, 0) is 67.1 Å². The van der Waals surface area contributed by atoms with E-state index in [1.807, 2.05) is 0 Å². The normalized spacial score (nSPS) is 27.7. The summed E-state index contributed by atoms with van der Waals surface area (Å²) in [5, 5.41) is 0. The zero-order chi connectivity index (χ0) is 20.3. The Labute approximate surface area is 181 Å². The molecule has 1 aromatic rings. The molecule has 0 atom stereocenters. The molecule has 0 radical (unpaired) electrons. The Hall–Kier alpha value is -0.980. The van der Waals surface area contributed by atoms with Crippen molar-refractivity contribution in [3.05, 3.63) is 29.8 Å². The Morgan fingerprint density at radius 2 is 1.28 bits per heavy atom. The molecule has 1 nitrogen and oxygen atoms in total. The Morgan fingerprint density at radius 1 is 0.724 bits per heavy atom. The van der Waals surface area contributed by atoms with Gasteiger partial charge in [-0.2, -0.15) is 0 Å². The highest BCUT2D eigenvalue weighted by atomic mass is 16.5. The van der Waals surface area contributed by atoms with Crippen LogP contribution in [0.2, 0.25) is 0 Å². The highest BCUT2D eigenvalue weighted by Gasteiger charge is 2.20. The maximum absolute atomic E-state index is 6.01. The van der Waals surface area contributed by atoms with Crippen LogP contribution in [0.25, 0.3) is 0 Å². The van der Waals surface area contributed by atoms with E-state index in [1.54, 1.807) is 0 Å². The predicted octanol–water partition coefficient (Wildman–Crippen LogP) is 8.60. The third kappa shape index (κ3) is 8.35. The van der Waals surface area contributed by atoms with Gasteiger partial charge in [0.1, 0.15) is 5.75 Å². The van der Waals surface area contributed by atoms with Gasteiger partial charge in [0.25, 0.3) is 0 Å². The maximum Gasteiger partial charge on any atom is 0.119 e. The summed E-state index contributed by atoms with van der Waals surface area (Å²) < 4.78 is 6.01. The summed E-state index contributed by atoms with van der Waals surface area (Å²) >= 11 is 0. The standard InChI is InChI=1S/C28H46O/c1-3-4-6-24-12-14-26(15-13-24)16-17-27-18-20-28(21-19-27)29-22-5-7-25-10-8-23(2)9-11-25/h18-21,23-26H,3-17,22H2,1-2H3/t23-,24-,25-,26-. The fraction of sp³-hybridized carbons (Fsp3) is 0.786. The lowest BCUT2D eigenvalue weighted by Crippen LogP contribution is -2.15. The molecule has 29 heavy (non-hydrogen) atoms. The van der Waals surface area contributed by atoms with E-state index in [1.165, 1.54) is 102 Å². The second-order valence-corrected chi connectivity index (χ2v) is 10.3. The molecular formula is C28H46O. The van der Waals surface area contributed by atoms with Crippen molar-refractivity contribution in [3.8, 4) is 5.75 Å². The molecule has 0 spiro atoms. The summed E-state index contributed by atoms with van der Waals surface area (Å²) in [6.07, 6.45) is 21.1. The summed E-state index contributed by atoms with van der Waals surface area (Å²) in [6, 6.07) is 8.98. The lowest BCUT2D eigenvalue weighted by molar-refractivity contribution is 0.244. The average Bonchev–Trinajstić information content (AvgIpc) is 2.76. The number of rotatable bonds is 11. The van der Waals surface area contributed by atoms with Gasteiger partial charge in [0.05, 0.1) is 6.61 Å². The highest BCUT2D eigenvalue weighted by molar-refractivity contribution is 5.27. The summed E-state index contributed by atoms with van der Waals surface area (Å²) in [6.45, 7) is 5.61. The van der Waals surface area contributed by atoms with Crippen molar-refractivity contribution in [1.82, 2.24) is 0 Å². The minimum atomic E-state index is 0.882. The van der Waals surface area contributed by atoms with E-state index < -0.39 is 0 Å². The topological polar surface area (TPSA) is 9.23 Å². The molecule has 0 unspecified atom stereocenters. The SMILES string of the molecule is CCCC[C@H]1CC[C@H](CCc2ccc(OCCC[C@H]3CC[C@H](C)CC3)cc2)CC1. The van der Waals surface area contributed by atoms with E-state index in [9.17, 15) is 0 Å². The zero-order valence-electron chi connectivity index (χ0n) is 19.3. The molecule has 0 aromatic heterocycles. The largest absolute Gasteiger partial charge is 0.494 e. The van der Waals surface area contributed by atoms with Gasteiger partial charge in [-0.15, -0.1) is 0 Å². The van der Waals surface area contributed by atoms with E-state index in [2.05, 4.69) is 38.1 Å². The van der Waals surface area contributed by atoms with Gasteiger partial charge in [0.2, 0.25) is 0 Å². The molecule has 0 aliphatic heterocycles. The van der Waals surface area contributed by atoms with E-state index in [0.717, 1.165) is 36.0 Å². The smallest absolute Gasteiger partial charge is 0.119 e. The second kappa shape index (κ2) is 12.7. The summed E-state index contributed by atoms with van der Waals surface area (Å²) in [5.41, 5.74) is 1.49. The minimum Gasteiger partial charge on any atom is -0.494 e. The first-order valence-corrected chi connectivity index (χ1v) is 12.9. The van der Waals surface area contributed by atoms with E-state index in [-0.39, 0.29) is 0 Å². The molecule has 0 saturated heterocycles. The third-order valence-electron chi connectivity index (χ3n) is 7.86. The van der Waals surface area contributed by atoms with Crippen LogP contribution in [0.1, 0.15) is 109 Å². The Morgan fingerprint density at radius 3 is 1.90 bits per heavy atom. The van der Waals surface area contributed by atoms with Crippen LogP contribution in [0.4, 0.5) is 0 Å². The number of ether oxygens (including phenoxy) is 1. The van der Waals surface area contributed by atoms with Crippen molar-refractivity contribution in [3.63, 3.8) is 0 Å². The maximum atomic E-state index is 6.01. The van der Waals surface area contributed by atoms with Gasteiger partial charge < -0.3 is 4.74 Å². The molecule has 1 heteroatoms. The van der Waals surface area contributed by atoms with Crippen LogP contribution in [0, 0.1) is 23.7 Å². The summed E-state index contributed by atoms with van der Waals surface area (Å²) in [5.74, 6) is 4.97. The molecule has 2 aliphatic rings. The lowest BCUT2D eigenvalue weighted by atomic mass is 9.78. The lowest BCUT2D eigenvalue weighted by Gasteiger charge is -2.28. The Balaban J connectivity index is 1.26. The first-order chi connectivity index (χ1) is 14.2. The van der Waals surface area contributed by atoms with Crippen molar-refractivity contribution in [2.75, 3.05) is 6.61 Å². The van der Waals surface area contributed by atoms with Crippen molar-refractivity contribution in [1.29, 1.82) is 0 Å². The fourth-order valence-corrected chi connectivity index (χ4v) is 5.60. The van der Waals surface area contributed by atoms with Crippen LogP contribution in [-0.2, 0) is 6.42 Å². The summed E-state index contributed by atoms with van der Waals surface area (Å²) in [4.78, 5) is 0. The Bertz CT molecular complexity index is 532. The molecule has 2 saturated carbocycles. The van der Waals surface area contributed by atoms with Gasteiger partial charge >= 0.3 is 0 Å².